The summed E-state index contributed by atoms with van der Waals surface area (Å²) in [4.78, 5) is 14.9. The summed E-state index contributed by atoms with van der Waals surface area (Å²) in [5.74, 6) is -0.460. The Morgan fingerprint density at radius 3 is 2.59 bits per heavy atom. The van der Waals surface area contributed by atoms with Crippen LogP contribution in [-0.2, 0) is 15.7 Å². The van der Waals surface area contributed by atoms with Gasteiger partial charge in [-0.1, -0.05) is 30.0 Å². The lowest BCUT2D eigenvalue weighted by molar-refractivity contribution is -0.137. The number of nitrogens with one attached hydrogen (secondary N) is 1. The molecule has 1 atom stereocenters. The van der Waals surface area contributed by atoms with E-state index < -0.39 is 22.9 Å². The molecule has 4 rings (SSSR count). The number of tetrazole rings is 1. The van der Waals surface area contributed by atoms with E-state index in [1.807, 2.05) is 36.1 Å². The predicted octanol–water partition coefficient (Wildman–Crippen LogP) is 3.95. The molecule has 2 aromatic carbocycles. The van der Waals surface area contributed by atoms with Gasteiger partial charge >= 0.3 is 6.18 Å². The molecule has 1 aromatic heterocycles. The zero-order valence-corrected chi connectivity index (χ0v) is 19.4. The summed E-state index contributed by atoms with van der Waals surface area (Å²) in [5.41, 5.74) is 1.52. The Hall–Kier alpha value is -3.12. The molecule has 0 bridgehead atoms. The van der Waals surface area contributed by atoms with E-state index in [0.717, 1.165) is 35.1 Å². The van der Waals surface area contributed by atoms with Crippen molar-refractivity contribution in [2.24, 2.45) is 0 Å². The molecular weight excluding hydrogens is 469 g/mol. The average molecular weight is 493 g/mol. The average Bonchev–Trinajstić information content (AvgIpc) is 3.27. The largest absolute Gasteiger partial charge is 0.416 e. The number of halogens is 3. The van der Waals surface area contributed by atoms with E-state index >= 15 is 0 Å². The molecule has 8 nitrogen and oxygen atoms in total. The molecule has 1 N–H and O–H groups in total. The van der Waals surface area contributed by atoms with E-state index in [9.17, 15) is 18.0 Å². The van der Waals surface area contributed by atoms with Crippen LogP contribution in [0.3, 0.4) is 0 Å². The van der Waals surface area contributed by atoms with E-state index in [1.165, 1.54) is 10.7 Å². The van der Waals surface area contributed by atoms with Crippen LogP contribution >= 0.6 is 11.8 Å². The highest BCUT2D eigenvalue weighted by molar-refractivity contribution is 8.00. The first-order chi connectivity index (χ1) is 16.2. The number of alkyl halides is 3. The Bertz CT molecular complexity index is 1160. The number of ether oxygens (including phenoxy) is 1. The molecule has 1 saturated heterocycles. The van der Waals surface area contributed by atoms with Crippen molar-refractivity contribution in [3.05, 3.63) is 53.6 Å². The first-order valence-corrected chi connectivity index (χ1v) is 11.5. The third kappa shape index (κ3) is 5.33. The number of nitrogens with zero attached hydrogens (tertiary/aromatic N) is 5. The van der Waals surface area contributed by atoms with Crippen LogP contribution in [0.5, 0.6) is 0 Å². The van der Waals surface area contributed by atoms with Gasteiger partial charge < -0.3 is 15.0 Å². The number of carbonyl (C=O) groups excluding carboxylic acids is 1. The van der Waals surface area contributed by atoms with Gasteiger partial charge in [-0.25, -0.2) is 0 Å². The minimum Gasteiger partial charge on any atom is -0.378 e. The molecule has 2 heterocycles. The number of hydrogen-bond donors (Lipinski definition) is 1. The van der Waals surface area contributed by atoms with Crippen LogP contribution in [0.25, 0.3) is 5.69 Å². The highest BCUT2D eigenvalue weighted by atomic mass is 32.2. The zero-order valence-electron chi connectivity index (χ0n) is 18.5. The highest BCUT2D eigenvalue weighted by Crippen LogP contribution is 2.36. The minimum absolute atomic E-state index is 0.104. The first-order valence-electron chi connectivity index (χ1n) is 10.6. The Kier molecular flexibility index (Phi) is 7.08. The van der Waals surface area contributed by atoms with Crippen molar-refractivity contribution in [2.45, 2.75) is 30.4 Å². The SMILES string of the molecule is Cc1ccccc1-n1nnnc1S[C@@H](C)C(=O)Nc1cc(C(F)(F)F)ccc1N1CCOCC1. The molecule has 3 aromatic rings. The lowest BCUT2D eigenvalue weighted by Gasteiger charge is -2.31. The zero-order chi connectivity index (χ0) is 24.3. The molecule has 0 radical (unpaired) electrons. The normalized spacial score (nSPS) is 15.3. The van der Waals surface area contributed by atoms with Crippen molar-refractivity contribution in [1.82, 2.24) is 20.2 Å². The second-order valence-electron chi connectivity index (χ2n) is 7.74. The number of para-hydroxylation sites is 1. The topological polar surface area (TPSA) is 85.2 Å². The summed E-state index contributed by atoms with van der Waals surface area (Å²) in [6, 6.07) is 10.9. The molecule has 0 aliphatic carbocycles. The van der Waals surface area contributed by atoms with Crippen molar-refractivity contribution in [2.75, 3.05) is 36.5 Å². The van der Waals surface area contributed by atoms with Crippen LogP contribution in [0, 0.1) is 6.92 Å². The predicted molar refractivity (Wildman–Crippen MR) is 122 cm³/mol. The van der Waals surface area contributed by atoms with Gasteiger partial charge in [-0.05, 0) is 54.1 Å². The molecule has 1 fully saturated rings. The number of aromatic nitrogens is 4. The van der Waals surface area contributed by atoms with Gasteiger partial charge in [0.1, 0.15) is 0 Å². The molecule has 0 spiro atoms. The van der Waals surface area contributed by atoms with E-state index in [-0.39, 0.29) is 5.69 Å². The van der Waals surface area contributed by atoms with Crippen LogP contribution in [0.15, 0.2) is 47.6 Å². The Balaban J connectivity index is 1.55. The second kappa shape index (κ2) is 10.0. The van der Waals surface area contributed by atoms with Gasteiger partial charge in [0.05, 0.1) is 41.1 Å². The molecule has 180 valence electrons. The fourth-order valence-corrected chi connectivity index (χ4v) is 4.34. The summed E-state index contributed by atoms with van der Waals surface area (Å²) in [6.07, 6.45) is -4.53. The summed E-state index contributed by atoms with van der Waals surface area (Å²) < 4.78 is 46.9. The number of hydrogen-bond acceptors (Lipinski definition) is 7. The van der Waals surface area contributed by atoms with E-state index in [4.69, 9.17) is 4.74 Å². The van der Waals surface area contributed by atoms with Gasteiger partial charge in [-0.3, -0.25) is 4.79 Å². The fourth-order valence-electron chi connectivity index (χ4n) is 3.54. The van der Waals surface area contributed by atoms with E-state index in [1.54, 1.807) is 6.92 Å². The molecular formula is C22H23F3N6O2S. The molecule has 12 heteroatoms. The summed E-state index contributed by atoms with van der Waals surface area (Å²) in [5, 5.41) is 14.1. The number of aryl methyl sites for hydroxylation is 1. The monoisotopic (exact) mass is 492 g/mol. The van der Waals surface area contributed by atoms with Gasteiger partial charge in [-0.15, -0.1) is 5.10 Å². The van der Waals surface area contributed by atoms with Gasteiger partial charge in [0.2, 0.25) is 11.1 Å². The first kappa shape index (κ1) is 24.0. The third-order valence-electron chi connectivity index (χ3n) is 5.37. The van der Waals surface area contributed by atoms with Crippen LogP contribution in [0.2, 0.25) is 0 Å². The smallest absolute Gasteiger partial charge is 0.378 e. The number of rotatable bonds is 6. The van der Waals surface area contributed by atoms with Crippen LogP contribution < -0.4 is 10.2 Å². The molecule has 1 aliphatic rings. The van der Waals surface area contributed by atoms with Crippen molar-refractivity contribution >= 4 is 29.0 Å². The summed E-state index contributed by atoms with van der Waals surface area (Å²) in [6.45, 7) is 5.53. The highest BCUT2D eigenvalue weighted by Gasteiger charge is 2.32. The van der Waals surface area contributed by atoms with Crippen molar-refractivity contribution < 1.29 is 22.7 Å². The van der Waals surface area contributed by atoms with Gasteiger partial charge in [0, 0.05) is 13.1 Å². The van der Waals surface area contributed by atoms with Crippen LogP contribution in [0.4, 0.5) is 24.5 Å². The number of benzene rings is 2. The van der Waals surface area contributed by atoms with Gasteiger partial charge in [0.25, 0.3) is 0 Å². The summed E-state index contributed by atoms with van der Waals surface area (Å²) >= 11 is 1.12. The second-order valence-corrected chi connectivity index (χ2v) is 9.05. The van der Waals surface area contributed by atoms with Crippen molar-refractivity contribution in [1.29, 1.82) is 0 Å². The minimum atomic E-state index is -4.53. The van der Waals surface area contributed by atoms with Crippen LogP contribution in [-0.4, -0.2) is 57.7 Å². The van der Waals surface area contributed by atoms with Crippen molar-refractivity contribution in [3.8, 4) is 5.69 Å². The van der Waals surface area contributed by atoms with Crippen molar-refractivity contribution in [3.63, 3.8) is 0 Å². The third-order valence-corrected chi connectivity index (χ3v) is 6.40. The lowest BCUT2D eigenvalue weighted by Crippen LogP contribution is -2.37. The molecule has 34 heavy (non-hydrogen) atoms. The molecule has 1 aliphatic heterocycles. The molecule has 0 saturated carbocycles. The number of amides is 1. The Labute approximate surface area is 198 Å². The maximum Gasteiger partial charge on any atom is 0.416 e. The maximum atomic E-state index is 13.4. The standard InChI is InChI=1S/C22H23F3N6O2S/c1-14-5-3-4-6-18(14)31-21(27-28-29-31)34-15(2)20(32)26-17-13-16(22(23,24)25)7-8-19(17)30-9-11-33-12-10-30/h3-8,13,15H,9-12H2,1-2H3,(H,26,32)/t15-/m0/s1. The maximum absolute atomic E-state index is 13.4. The Morgan fingerprint density at radius 1 is 1.15 bits per heavy atom. The quantitative estimate of drug-likeness (QED) is 0.522. The van der Waals surface area contributed by atoms with E-state index in [0.29, 0.717) is 37.1 Å². The molecule has 0 unspecified atom stereocenters. The van der Waals surface area contributed by atoms with Gasteiger partial charge in [-0.2, -0.15) is 17.9 Å². The lowest BCUT2D eigenvalue weighted by atomic mass is 10.1. The Morgan fingerprint density at radius 2 is 1.88 bits per heavy atom. The number of morpholine rings is 1. The number of thioether (sulfide) groups is 1. The summed E-state index contributed by atoms with van der Waals surface area (Å²) in [7, 11) is 0. The number of carbonyl (C=O) groups is 1. The van der Waals surface area contributed by atoms with Crippen LogP contribution in [0.1, 0.15) is 18.1 Å². The van der Waals surface area contributed by atoms with Gasteiger partial charge in [0.15, 0.2) is 0 Å². The molecule has 1 amide bonds. The number of anilines is 2. The van der Waals surface area contributed by atoms with E-state index in [2.05, 4.69) is 20.8 Å². The fraction of sp³-hybridized carbons (Fsp3) is 0.364.